The molecule has 0 fully saturated rings. The van der Waals surface area contributed by atoms with Crippen LogP contribution in [-0.4, -0.2) is 32.5 Å². The molecule has 1 aliphatic carbocycles. The fourth-order valence-corrected chi connectivity index (χ4v) is 4.22. The largest absolute Gasteiger partial charge is 0.479 e. The molecule has 0 saturated carbocycles. The number of aromatic nitrogens is 2. The van der Waals surface area contributed by atoms with Gasteiger partial charge in [-0.25, -0.2) is 9.78 Å². The number of carboxylic acids is 1. The second kappa shape index (κ2) is 11.1. The van der Waals surface area contributed by atoms with Crippen LogP contribution in [0.5, 0.6) is 0 Å². The van der Waals surface area contributed by atoms with Crippen molar-refractivity contribution in [1.29, 1.82) is 0 Å². The van der Waals surface area contributed by atoms with Crippen molar-refractivity contribution in [3.05, 3.63) is 94.1 Å². The third kappa shape index (κ3) is 6.35. The first kappa shape index (κ1) is 26.3. The molecule has 0 radical (unpaired) electrons. The van der Waals surface area contributed by atoms with Gasteiger partial charge in [-0.2, -0.15) is 13.2 Å². The van der Waals surface area contributed by atoms with Crippen LogP contribution in [0.1, 0.15) is 64.0 Å². The summed E-state index contributed by atoms with van der Waals surface area (Å²) in [7, 11) is 0. The lowest BCUT2D eigenvalue weighted by atomic mass is 10.0. The van der Waals surface area contributed by atoms with E-state index in [0.717, 1.165) is 60.3 Å². The number of ether oxygens (including phenoxy) is 1. The summed E-state index contributed by atoms with van der Waals surface area (Å²) in [5.41, 5.74) is 2.98. The predicted molar refractivity (Wildman–Crippen MR) is 131 cm³/mol. The summed E-state index contributed by atoms with van der Waals surface area (Å²) in [6.45, 7) is 2.06. The summed E-state index contributed by atoms with van der Waals surface area (Å²) in [6, 6.07) is 11.7. The summed E-state index contributed by atoms with van der Waals surface area (Å²) in [5, 5.41) is 8.91. The van der Waals surface area contributed by atoms with Gasteiger partial charge in [0.2, 0.25) is 5.78 Å². The molecule has 0 amide bonds. The van der Waals surface area contributed by atoms with Gasteiger partial charge >= 0.3 is 12.1 Å². The number of nitrogens with zero attached hydrogens (tertiary/aromatic N) is 2. The molecule has 1 atom stereocenters. The number of imidazole rings is 1. The van der Waals surface area contributed by atoms with E-state index in [-0.39, 0.29) is 18.0 Å². The molecule has 1 aliphatic rings. The van der Waals surface area contributed by atoms with E-state index in [2.05, 4.69) is 4.98 Å². The summed E-state index contributed by atoms with van der Waals surface area (Å²) in [6.07, 6.45) is 2.00. The Morgan fingerprint density at radius 3 is 2.41 bits per heavy atom. The summed E-state index contributed by atoms with van der Waals surface area (Å²) >= 11 is 0. The van der Waals surface area contributed by atoms with Gasteiger partial charge in [0.15, 0.2) is 11.9 Å². The Morgan fingerprint density at radius 2 is 1.76 bits per heavy atom. The second-order valence-electron chi connectivity index (χ2n) is 8.99. The zero-order valence-electron chi connectivity index (χ0n) is 20.3. The predicted octanol–water partition coefficient (Wildman–Crippen LogP) is 5.71. The van der Waals surface area contributed by atoms with Crippen molar-refractivity contribution in [2.75, 3.05) is 0 Å². The number of fused-ring (bicyclic) bond motifs is 1. The van der Waals surface area contributed by atoms with Crippen LogP contribution in [0.3, 0.4) is 0 Å². The van der Waals surface area contributed by atoms with E-state index >= 15 is 0 Å². The Balaban J connectivity index is 1.50. The number of hydrogen-bond donors (Lipinski definition) is 1. The van der Waals surface area contributed by atoms with Crippen LogP contribution < -0.4 is 0 Å². The lowest BCUT2D eigenvalue weighted by molar-refractivity contribution is -0.149. The Hall–Kier alpha value is -3.72. The highest BCUT2D eigenvalue weighted by Crippen LogP contribution is 2.30. The van der Waals surface area contributed by atoms with Crippen LogP contribution in [0.4, 0.5) is 13.2 Å². The summed E-state index contributed by atoms with van der Waals surface area (Å²) in [4.78, 5) is 28.7. The first-order valence-electron chi connectivity index (χ1n) is 12.0. The average molecular weight is 513 g/mol. The third-order valence-corrected chi connectivity index (χ3v) is 6.34. The van der Waals surface area contributed by atoms with E-state index in [4.69, 9.17) is 9.84 Å². The molecule has 37 heavy (non-hydrogen) atoms. The van der Waals surface area contributed by atoms with Crippen molar-refractivity contribution in [3.8, 4) is 0 Å². The van der Waals surface area contributed by atoms with Crippen molar-refractivity contribution < 1.29 is 32.6 Å². The molecule has 194 valence electrons. The lowest BCUT2D eigenvalue weighted by Gasteiger charge is -2.14. The lowest BCUT2D eigenvalue weighted by Crippen LogP contribution is -2.19. The summed E-state index contributed by atoms with van der Waals surface area (Å²) in [5.74, 6) is -1.19. The van der Waals surface area contributed by atoms with Crippen molar-refractivity contribution in [2.45, 2.75) is 58.0 Å². The minimum atomic E-state index is -4.47. The van der Waals surface area contributed by atoms with Crippen LogP contribution in [0, 0.1) is 0 Å². The number of benzene rings is 2. The Morgan fingerprint density at radius 1 is 1.08 bits per heavy atom. The summed E-state index contributed by atoms with van der Waals surface area (Å²) < 4.78 is 45.9. The topological polar surface area (TPSA) is 81.4 Å². The van der Waals surface area contributed by atoms with Crippen molar-refractivity contribution in [1.82, 2.24) is 9.55 Å². The molecular weight excluding hydrogens is 485 g/mol. The van der Waals surface area contributed by atoms with Crippen molar-refractivity contribution >= 4 is 17.8 Å². The van der Waals surface area contributed by atoms with Gasteiger partial charge in [-0.15, -0.1) is 0 Å². The number of alkyl halides is 3. The number of carboxylic acid groups (broad SMARTS) is 1. The van der Waals surface area contributed by atoms with Crippen molar-refractivity contribution in [2.24, 2.45) is 0 Å². The highest BCUT2D eigenvalue weighted by atomic mass is 19.4. The molecule has 1 heterocycles. The zero-order valence-corrected chi connectivity index (χ0v) is 20.3. The first-order chi connectivity index (χ1) is 17.6. The number of aryl methyl sites for hydroxylation is 1. The molecule has 3 aromatic rings. The molecule has 2 aromatic carbocycles. The molecule has 6 nitrogen and oxygen atoms in total. The zero-order chi connectivity index (χ0) is 26.6. The fourth-order valence-electron chi connectivity index (χ4n) is 4.22. The maximum absolute atomic E-state index is 13.2. The van der Waals surface area contributed by atoms with Gasteiger partial charge in [0.05, 0.1) is 17.9 Å². The SMILES string of the molecule is C[C@@H](OCc1ccc(C=CCn2c(C(=O)c3ccc(C(F)(F)F)cc3)nc3c2CCCC3)cc1)C(=O)O. The van der Waals surface area contributed by atoms with Crippen LogP contribution in [0.25, 0.3) is 6.08 Å². The van der Waals surface area contributed by atoms with Gasteiger partial charge in [0.25, 0.3) is 0 Å². The molecule has 0 spiro atoms. The van der Waals surface area contributed by atoms with Gasteiger partial charge in [-0.1, -0.05) is 48.6 Å². The average Bonchev–Trinajstić information content (AvgIpc) is 3.25. The van der Waals surface area contributed by atoms with Crippen LogP contribution >= 0.6 is 0 Å². The highest BCUT2D eigenvalue weighted by Gasteiger charge is 2.31. The van der Waals surface area contributed by atoms with Gasteiger partial charge in [-0.05, 0) is 55.9 Å². The smallest absolute Gasteiger partial charge is 0.416 e. The number of hydrogen-bond acceptors (Lipinski definition) is 4. The quantitative estimate of drug-likeness (QED) is 0.371. The second-order valence-corrected chi connectivity index (χ2v) is 8.99. The Kier molecular flexibility index (Phi) is 7.92. The molecule has 0 aliphatic heterocycles. The number of halogens is 3. The Bertz CT molecular complexity index is 1290. The standard InChI is InChI=1S/C28H27F3N2O4/c1-18(27(35)36)37-17-20-10-8-19(9-11-20)5-4-16-33-24-7-3-2-6-23(24)32-26(33)25(34)21-12-14-22(15-13-21)28(29,30)31/h4-5,8-15,18H,2-3,6-7,16-17H2,1H3,(H,35,36)/t18-/m1/s1. The molecule has 0 bridgehead atoms. The van der Waals surface area contributed by atoms with E-state index in [9.17, 15) is 22.8 Å². The van der Waals surface area contributed by atoms with Crippen LogP contribution in [-0.2, 0) is 41.7 Å². The fraction of sp³-hybridized carbons (Fsp3) is 0.321. The van der Waals surface area contributed by atoms with Gasteiger partial charge in [0, 0.05) is 17.8 Å². The maximum Gasteiger partial charge on any atom is 0.416 e. The first-order valence-corrected chi connectivity index (χ1v) is 12.0. The van der Waals surface area contributed by atoms with E-state index in [1.165, 1.54) is 19.1 Å². The highest BCUT2D eigenvalue weighted by molar-refractivity contribution is 6.06. The number of rotatable bonds is 9. The number of allylic oxidation sites excluding steroid dienone is 1. The molecule has 0 unspecified atom stereocenters. The van der Waals surface area contributed by atoms with Gasteiger partial charge in [-0.3, -0.25) is 4.79 Å². The van der Waals surface area contributed by atoms with E-state index in [1.807, 2.05) is 41.0 Å². The van der Waals surface area contributed by atoms with Gasteiger partial charge in [0.1, 0.15) is 0 Å². The minimum Gasteiger partial charge on any atom is -0.479 e. The van der Waals surface area contributed by atoms with E-state index in [1.54, 1.807) is 0 Å². The number of ketones is 1. The van der Waals surface area contributed by atoms with Crippen LogP contribution in [0.15, 0.2) is 54.6 Å². The number of aliphatic carboxylic acids is 1. The van der Waals surface area contributed by atoms with Crippen LogP contribution in [0.2, 0.25) is 0 Å². The van der Waals surface area contributed by atoms with Gasteiger partial charge < -0.3 is 14.4 Å². The molecular formula is C28H27F3N2O4. The molecule has 9 heteroatoms. The normalized spacial score (nSPS) is 14.5. The molecule has 4 rings (SSSR count). The number of carbonyl (C=O) groups excluding carboxylic acids is 1. The van der Waals surface area contributed by atoms with E-state index in [0.29, 0.717) is 6.54 Å². The monoisotopic (exact) mass is 512 g/mol. The molecule has 0 saturated heterocycles. The third-order valence-electron chi connectivity index (χ3n) is 6.34. The van der Waals surface area contributed by atoms with Crippen molar-refractivity contribution in [3.63, 3.8) is 0 Å². The van der Waals surface area contributed by atoms with E-state index < -0.39 is 29.6 Å². The Labute approximate surface area is 212 Å². The molecule has 1 N–H and O–H groups in total. The number of carbonyl (C=O) groups is 2. The maximum atomic E-state index is 13.2. The minimum absolute atomic E-state index is 0.163. The molecule has 1 aromatic heterocycles.